The lowest BCUT2D eigenvalue weighted by Gasteiger charge is -2.08. The Labute approximate surface area is 86.5 Å². The van der Waals surface area contributed by atoms with Crippen molar-refractivity contribution in [3.63, 3.8) is 0 Å². The van der Waals surface area contributed by atoms with Crippen molar-refractivity contribution in [1.29, 1.82) is 0 Å². The van der Waals surface area contributed by atoms with Gasteiger partial charge in [0.05, 0.1) is 18.5 Å². The van der Waals surface area contributed by atoms with Crippen LogP contribution in [0.1, 0.15) is 30.2 Å². The molecule has 0 unspecified atom stereocenters. The molecule has 1 aromatic rings. The lowest BCUT2D eigenvalue weighted by atomic mass is 10.4. The minimum atomic E-state index is -0.456. The van der Waals surface area contributed by atoms with Crippen LogP contribution in [0.2, 0.25) is 0 Å². The van der Waals surface area contributed by atoms with Gasteiger partial charge in [0, 0.05) is 13.8 Å². The average molecular weight is 212 g/mol. The number of Topliss-reactive ketones (excluding diaryl/α,β-unsaturated/α-hetero) is 1. The number of esters is 1. The number of ether oxygens (including phenoxy) is 1. The van der Waals surface area contributed by atoms with Gasteiger partial charge in [-0.1, -0.05) is 0 Å². The van der Waals surface area contributed by atoms with E-state index in [0.717, 1.165) is 0 Å². The molecule has 15 heavy (non-hydrogen) atoms. The van der Waals surface area contributed by atoms with Crippen LogP contribution in [0, 0.1) is 0 Å². The third-order valence-electron chi connectivity index (χ3n) is 1.81. The number of aliphatic hydroxyl groups excluding tert-OH is 1. The fraction of sp³-hybridized carbons (Fsp3) is 0.444. The molecule has 82 valence electrons. The van der Waals surface area contributed by atoms with E-state index in [-0.39, 0.29) is 24.9 Å². The second-order valence-electron chi connectivity index (χ2n) is 2.98. The molecular formula is C9H12N2O4. The van der Waals surface area contributed by atoms with Crippen molar-refractivity contribution >= 4 is 11.8 Å². The molecule has 1 rings (SSSR count). The molecule has 0 aliphatic carbocycles. The van der Waals surface area contributed by atoms with Gasteiger partial charge in [0.15, 0.2) is 18.3 Å². The van der Waals surface area contributed by atoms with E-state index >= 15 is 0 Å². The number of carbonyl (C=O) groups excluding carboxylic acids is 2. The molecule has 0 atom stereocenters. The lowest BCUT2D eigenvalue weighted by Crippen LogP contribution is -2.14. The van der Waals surface area contributed by atoms with E-state index in [1.54, 1.807) is 0 Å². The molecule has 0 radical (unpaired) electrons. The first kappa shape index (κ1) is 11.4. The van der Waals surface area contributed by atoms with Crippen LogP contribution in [0.25, 0.3) is 0 Å². The second kappa shape index (κ2) is 4.70. The lowest BCUT2D eigenvalue weighted by molar-refractivity contribution is -0.144. The number of hydrogen-bond donors (Lipinski definition) is 1. The van der Waals surface area contributed by atoms with E-state index < -0.39 is 5.97 Å². The quantitative estimate of drug-likeness (QED) is 0.565. The molecule has 1 heterocycles. The summed E-state index contributed by atoms with van der Waals surface area (Å²) in [6.07, 6.45) is 1.38. The Morgan fingerprint density at radius 3 is 2.67 bits per heavy atom. The highest BCUT2D eigenvalue weighted by atomic mass is 16.5. The van der Waals surface area contributed by atoms with E-state index in [9.17, 15) is 9.59 Å². The first-order valence-corrected chi connectivity index (χ1v) is 4.35. The summed E-state index contributed by atoms with van der Waals surface area (Å²) >= 11 is 0. The SMILES string of the molecule is CC(=O)OCn1c(CO)cnc1C(C)=O. The predicted octanol–water partition coefficient (Wildman–Crippen LogP) is 0.0986. The van der Waals surface area contributed by atoms with E-state index in [2.05, 4.69) is 4.98 Å². The van der Waals surface area contributed by atoms with Crippen LogP contribution in [0.3, 0.4) is 0 Å². The molecule has 6 nitrogen and oxygen atoms in total. The third kappa shape index (κ3) is 2.63. The van der Waals surface area contributed by atoms with Gasteiger partial charge in [0.1, 0.15) is 0 Å². The number of ketones is 1. The van der Waals surface area contributed by atoms with Gasteiger partial charge in [0.25, 0.3) is 0 Å². The van der Waals surface area contributed by atoms with Gasteiger partial charge >= 0.3 is 5.97 Å². The van der Waals surface area contributed by atoms with Gasteiger partial charge in [-0.05, 0) is 0 Å². The van der Waals surface area contributed by atoms with Crippen LogP contribution in [0.15, 0.2) is 6.20 Å². The first-order chi connectivity index (χ1) is 7.06. The topological polar surface area (TPSA) is 81.4 Å². The highest BCUT2D eigenvalue weighted by Crippen LogP contribution is 2.07. The summed E-state index contributed by atoms with van der Waals surface area (Å²) in [6.45, 7) is 2.25. The van der Waals surface area contributed by atoms with Crippen LogP contribution in [0.4, 0.5) is 0 Å². The summed E-state index contributed by atoms with van der Waals surface area (Å²) in [5.41, 5.74) is 0.432. The second-order valence-corrected chi connectivity index (χ2v) is 2.98. The van der Waals surface area contributed by atoms with Crippen molar-refractivity contribution in [2.24, 2.45) is 0 Å². The predicted molar refractivity (Wildman–Crippen MR) is 49.9 cm³/mol. The molecule has 0 amide bonds. The smallest absolute Gasteiger partial charge is 0.304 e. The monoisotopic (exact) mass is 212 g/mol. The molecule has 6 heteroatoms. The fourth-order valence-corrected chi connectivity index (χ4v) is 1.12. The van der Waals surface area contributed by atoms with Gasteiger partial charge in [-0.15, -0.1) is 0 Å². The molecule has 0 saturated carbocycles. The number of rotatable bonds is 4. The summed E-state index contributed by atoms with van der Waals surface area (Å²) < 4.78 is 6.11. The van der Waals surface area contributed by atoms with Crippen molar-refractivity contribution in [3.8, 4) is 0 Å². The average Bonchev–Trinajstić information content (AvgIpc) is 2.57. The Morgan fingerprint density at radius 1 is 1.53 bits per heavy atom. The molecule has 0 saturated heterocycles. The van der Waals surface area contributed by atoms with Gasteiger partial charge in [-0.25, -0.2) is 4.98 Å². The zero-order chi connectivity index (χ0) is 11.4. The Morgan fingerprint density at radius 2 is 2.20 bits per heavy atom. The standard InChI is InChI=1S/C9H12N2O4/c1-6(13)9-10-3-8(4-12)11(9)5-15-7(2)14/h3,12H,4-5H2,1-2H3. The molecule has 0 bridgehead atoms. The van der Waals surface area contributed by atoms with Crippen molar-refractivity contribution in [2.75, 3.05) is 0 Å². The summed E-state index contributed by atoms with van der Waals surface area (Å²) in [5.74, 6) is -0.538. The van der Waals surface area contributed by atoms with E-state index in [4.69, 9.17) is 9.84 Å². The molecule has 0 aromatic carbocycles. The number of carbonyl (C=O) groups is 2. The number of aliphatic hydroxyl groups is 1. The maximum Gasteiger partial charge on any atom is 0.304 e. The van der Waals surface area contributed by atoms with E-state index in [1.165, 1.54) is 24.6 Å². The van der Waals surface area contributed by atoms with Gasteiger partial charge in [-0.3, -0.25) is 14.2 Å². The van der Waals surface area contributed by atoms with Gasteiger partial charge < -0.3 is 9.84 Å². The number of imidazole rings is 1. The number of nitrogens with zero attached hydrogens (tertiary/aromatic N) is 2. The minimum Gasteiger partial charge on any atom is -0.444 e. The Balaban J connectivity index is 2.94. The minimum absolute atomic E-state index is 0.111. The van der Waals surface area contributed by atoms with Crippen LogP contribution in [0.5, 0.6) is 0 Å². The maximum absolute atomic E-state index is 11.1. The van der Waals surface area contributed by atoms with Crippen molar-refractivity contribution in [2.45, 2.75) is 27.2 Å². The molecule has 1 N–H and O–H groups in total. The Hall–Kier alpha value is -1.69. The fourth-order valence-electron chi connectivity index (χ4n) is 1.12. The largest absolute Gasteiger partial charge is 0.444 e. The van der Waals surface area contributed by atoms with Crippen LogP contribution < -0.4 is 0 Å². The van der Waals surface area contributed by atoms with Crippen molar-refractivity contribution in [1.82, 2.24) is 9.55 Å². The van der Waals surface area contributed by atoms with Gasteiger partial charge in [-0.2, -0.15) is 0 Å². The summed E-state index contributed by atoms with van der Waals surface area (Å²) in [6, 6.07) is 0. The van der Waals surface area contributed by atoms with E-state index in [1.807, 2.05) is 0 Å². The summed E-state index contributed by atoms with van der Waals surface area (Å²) in [4.78, 5) is 25.6. The van der Waals surface area contributed by atoms with Crippen LogP contribution in [-0.4, -0.2) is 26.4 Å². The summed E-state index contributed by atoms with van der Waals surface area (Å²) in [5, 5.41) is 8.97. The summed E-state index contributed by atoms with van der Waals surface area (Å²) in [7, 11) is 0. The first-order valence-electron chi connectivity index (χ1n) is 4.35. The normalized spacial score (nSPS) is 10.1. The number of hydrogen-bond acceptors (Lipinski definition) is 5. The molecule has 0 fully saturated rings. The zero-order valence-corrected chi connectivity index (χ0v) is 8.56. The molecular weight excluding hydrogens is 200 g/mol. The molecule has 1 aromatic heterocycles. The highest BCUT2D eigenvalue weighted by molar-refractivity contribution is 5.90. The highest BCUT2D eigenvalue weighted by Gasteiger charge is 2.13. The van der Waals surface area contributed by atoms with Crippen molar-refractivity contribution in [3.05, 3.63) is 17.7 Å². The maximum atomic E-state index is 11.1. The third-order valence-corrected chi connectivity index (χ3v) is 1.81. The van der Waals surface area contributed by atoms with Crippen LogP contribution in [-0.2, 0) is 22.9 Å². The molecule has 0 spiro atoms. The van der Waals surface area contributed by atoms with Crippen LogP contribution >= 0.6 is 0 Å². The Kier molecular flexibility index (Phi) is 3.56. The van der Waals surface area contributed by atoms with E-state index in [0.29, 0.717) is 5.69 Å². The van der Waals surface area contributed by atoms with Gasteiger partial charge in [0.2, 0.25) is 0 Å². The molecule has 0 aliphatic heterocycles. The number of aromatic nitrogens is 2. The zero-order valence-electron chi connectivity index (χ0n) is 8.56. The Bertz CT molecular complexity index is 383. The molecule has 0 aliphatic rings. The van der Waals surface area contributed by atoms with Crippen molar-refractivity contribution < 1.29 is 19.4 Å².